The molecule has 1 saturated carbocycles. The van der Waals surface area contributed by atoms with Gasteiger partial charge in [-0.3, -0.25) is 4.79 Å². The zero-order valence-corrected chi connectivity index (χ0v) is 18.9. The third-order valence-electron chi connectivity index (χ3n) is 6.28. The zero-order valence-electron chi connectivity index (χ0n) is 18.9. The van der Waals surface area contributed by atoms with E-state index in [1.54, 1.807) is 12.1 Å². The molecule has 1 fully saturated rings. The maximum absolute atomic E-state index is 12.3. The Kier molecular flexibility index (Phi) is 9.09. The van der Waals surface area contributed by atoms with Crippen molar-refractivity contribution in [2.24, 2.45) is 5.92 Å². The molecule has 6 nitrogen and oxygen atoms in total. The van der Waals surface area contributed by atoms with E-state index in [4.69, 9.17) is 0 Å². The number of aliphatic hydroxyl groups excluding tert-OH is 2. The number of nitrogens with one attached hydrogen (secondary N) is 2. The lowest BCUT2D eigenvalue weighted by Gasteiger charge is -2.18. The van der Waals surface area contributed by atoms with Gasteiger partial charge in [0.2, 0.25) is 5.91 Å². The molecule has 0 unspecified atom stereocenters. The molecular formula is C26H36N2O4. The van der Waals surface area contributed by atoms with Crippen molar-refractivity contribution in [2.75, 3.05) is 13.1 Å². The van der Waals surface area contributed by atoms with Gasteiger partial charge in [-0.1, -0.05) is 43.2 Å². The predicted molar refractivity (Wildman–Crippen MR) is 125 cm³/mol. The number of carbonyl (C=O) groups is 1. The van der Waals surface area contributed by atoms with Crippen LogP contribution in [0.2, 0.25) is 0 Å². The van der Waals surface area contributed by atoms with Crippen LogP contribution < -0.4 is 10.6 Å². The van der Waals surface area contributed by atoms with E-state index in [0.717, 1.165) is 24.1 Å². The average Bonchev–Trinajstić information content (AvgIpc) is 3.30. The number of hydrogen-bond donors (Lipinski definition) is 5. The molecule has 0 bridgehead atoms. The van der Waals surface area contributed by atoms with Crippen molar-refractivity contribution in [3.8, 4) is 5.75 Å². The molecule has 32 heavy (non-hydrogen) atoms. The number of aliphatic hydroxyl groups is 2. The second-order valence-electron chi connectivity index (χ2n) is 9.03. The number of aromatic hydroxyl groups is 1. The van der Waals surface area contributed by atoms with Crippen LogP contribution in [0.4, 0.5) is 0 Å². The molecular weight excluding hydrogens is 404 g/mol. The summed E-state index contributed by atoms with van der Waals surface area (Å²) in [5.41, 5.74) is 3.21. The minimum absolute atomic E-state index is 0.0249. The molecule has 2 atom stereocenters. The van der Waals surface area contributed by atoms with Gasteiger partial charge in [0, 0.05) is 24.7 Å². The van der Waals surface area contributed by atoms with E-state index in [2.05, 4.69) is 29.7 Å². The van der Waals surface area contributed by atoms with Crippen LogP contribution in [0.15, 0.2) is 42.5 Å². The first-order chi connectivity index (χ1) is 15.4. The van der Waals surface area contributed by atoms with Crippen LogP contribution in [-0.4, -0.2) is 40.4 Å². The molecule has 0 heterocycles. The number of carbonyl (C=O) groups excluding carboxylic acids is 1. The van der Waals surface area contributed by atoms with Gasteiger partial charge in [0.25, 0.3) is 0 Å². The van der Waals surface area contributed by atoms with E-state index in [9.17, 15) is 20.1 Å². The largest absolute Gasteiger partial charge is 0.508 e. The number of benzene rings is 2. The molecule has 0 aliphatic heterocycles. The molecule has 0 saturated heterocycles. The van der Waals surface area contributed by atoms with Gasteiger partial charge in [-0.15, -0.1) is 0 Å². The normalized spacial score (nSPS) is 16.1. The highest BCUT2D eigenvalue weighted by molar-refractivity contribution is 5.78. The molecule has 2 aromatic carbocycles. The van der Waals surface area contributed by atoms with E-state index < -0.39 is 6.10 Å². The average molecular weight is 441 g/mol. The van der Waals surface area contributed by atoms with Gasteiger partial charge in [0.1, 0.15) is 5.75 Å². The number of hydrogen-bond acceptors (Lipinski definition) is 5. The van der Waals surface area contributed by atoms with E-state index in [1.807, 2.05) is 12.1 Å². The van der Waals surface area contributed by atoms with E-state index in [-0.39, 0.29) is 24.3 Å². The minimum atomic E-state index is -0.738. The summed E-state index contributed by atoms with van der Waals surface area (Å²) in [4.78, 5) is 12.3. The summed E-state index contributed by atoms with van der Waals surface area (Å²) < 4.78 is 0. The Morgan fingerprint density at radius 1 is 1.12 bits per heavy atom. The van der Waals surface area contributed by atoms with E-state index in [0.29, 0.717) is 30.0 Å². The van der Waals surface area contributed by atoms with Crippen LogP contribution in [0.25, 0.3) is 0 Å². The molecule has 1 aliphatic carbocycles. The van der Waals surface area contributed by atoms with Gasteiger partial charge in [-0.25, -0.2) is 0 Å². The summed E-state index contributed by atoms with van der Waals surface area (Å²) >= 11 is 0. The molecule has 2 aromatic rings. The lowest BCUT2D eigenvalue weighted by atomic mass is 10.0. The molecule has 0 radical (unpaired) electrons. The fourth-order valence-electron chi connectivity index (χ4n) is 4.38. The fourth-order valence-corrected chi connectivity index (χ4v) is 4.38. The molecule has 174 valence electrons. The van der Waals surface area contributed by atoms with Crippen LogP contribution in [0, 0.1) is 5.92 Å². The van der Waals surface area contributed by atoms with Crippen molar-refractivity contribution in [2.45, 2.75) is 64.2 Å². The summed E-state index contributed by atoms with van der Waals surface area (Å²) in [5.74, 6) is 0.751. The molecule has 0 spiro atoms. The van der Waals surface area contributed by atoms with Gasteiger partial charge >= 0.3 is 0 Å². The summed E-state index contributed by atoms with van der Waals surface area (Å²) in [6.07, 6.45) is 5.46. The molecule has 3 rings (SSSR count). The molecule has 0 aromatic heterocycles. The van der Waals surface area contributed by atoms with Crippen molar-refractivity contribution in [3.63, 3.8) is 0 Å². The maximum Gasteiger partial charge on any atom is 0.224 e. The van der Waals surface area contributed by atoms with Gasteiger partial charge in [-0.2, -0.15) is 0 Å². The number of phenols is 1. The first-order valence-corrected chi connectivity index (χ1v) is 11.6. The van der Waals surface area contributed by atoms with Gasteiger partial charge < -0.3 is 26.0 Å². The quantitative estimate of drug-likeness (QED) is 0.370. The monoisotopic (exact) mass is 440 g/mol. The standard InChI is InChI=1S/C26H36N2O4/c1-18(27-16-25(31)22-9-10-24(30)23(14-22)17-29)11-20-7-4-8-21(12-20)13-26(32)28-15-19-5-2-3-6-19/h4,7-10,12,14,18-19,25,27,29-31H,2-3,5-6,11,13,15-17H2,1H3,(H,28,32)/t18-,25-/m1/s1. The van der Waals surface area contributed by atoms with Gasteiger partial charge in [0.15, 0.2) is 0 Å². The van der Waals surface area contributed by atoms with Gasteiger partial charge in [0.05, 0.1) is 19.1 Å². The third-order valence-corrected chi connectivity index (χ3v) is 6.28. The van der Waals surface area contributed by atoms with Crippen LogP contribution in [-0.2, 0) is 24.2 Å². The highest BCUT2D eigenvalue weighted by Gasteiger charge is 2.16. The first-order valence-electron chi connectivity index (χ1n) is 11.6. The van der Waals surface area contributed by atoms with Crippen molar-refractivity contribution in [1.82, 2.24) is 10.6 Å². The van der Waals surface area contributed by atoms with Crippen molar-refractivity contribution >= 4 is 5.91 Å². The van der Waals surface area contributed by atoms with E-state index in [1.165, 1.54) is 31.7 Å². The molecule has 1 amide bonds. The highest BCUT2D eigenvalue weighted by Crippen LogP contribution is 2.24. The Balaban J connectivity index is 1.45. The van der Waals surface area contributed by atoms with Crippen molar-refractivity contribution in [3.05, 3.63) is 64.7 Å². The minimum Gasteiger partial charge on any atom is -0.508 e. The second-order valence-corrected chi connectivity index (χ2v) is 9.03. The molecule has 6 heteroatoms. The Labute approximate surface area is 190 Å². The predicted octanol–water partition coefficient (Wildman–Crippen LogP) is 2.99. The fraction of sp³-hybridized carbons (Fsp3) is 0.500. The number of amides is 1. The third kappa shape index (κ3) is 7.33. The van der Waals surface area contributed by atoms with E-state index >= 15 is 0 Å². The molecule has 1 aliphatic rings. The van der Waals surface area contributed by atoms with Crippen LogP contribution in [0.5, 0.6) is 5.75 Å². The number of rotatable bonds is 11. The second kappa shape index (κ2) is 12.0. The van der Waals surface area contributed by atoms with Crippen LogP contribution >= 0.6 is 0 Å². The first kappa shape index (κ1) is 24.2. The summed E-state index contributed by atoms with van der Waals surface area (Å²) in [6, 6.07) is 13.0. The SMILES string of the molecule is C[C@H](Cc1cccc(CC(=O)NCC2CCCC2)c1)NC[C@@H](O)c1ccc(O)c(CO)c1. The zero-order chi connectivity index (χ0) is 22.9. The lowest BCUT2D eigenvalue weighted by molar-refractivity contribution is -0.120. The van der Waals surface area contributed by atoms with Crippen molar-refractivity contribution < 1.29 is 20.1 Å². The summed E-state index contributed by atoms with van der Waals surface area (Å²) in [7, 11) is 0. The van der Waals surface area contributed by atoms with Gasteiger partial charge in [-0.05, 0) is 60.9 Å². The smallest absolute Gasteiger partial charge is 0.224 e. The summed E-state index contributed by atoms with van der Waals surface area (Å²) in [5, 5.41) is 35.8. The topological polar surface area (TPSA) is 102 Å². The Morgan fingerprint density at radius 3 is 2.62 bits per heavy atom. The lowest BCUT2D eigenvalue weighted by Crippen LogP contribution is -2.32. The Bertz CT molecular complexity index is 880. The Morgan fingerprint density at radius 2 is 1.88 bits per heavy atom. The van der Waals surface area contributed by atoms with Crippen LogP contribution in [0.3, 0.4) is 0 Å². The highest BCUT2D eigenvalue weighted by atomic mass is 16.3. The maximum atomic E-state index is 12.3. The Hall–Kier alpha value is -2.41. The van der Waals surface area contributed by atoms with Crippen LogP contribution in [0.1, 0.15) is 61.0 Å². The molecule has 5 N–H and O–H groups in total. The van der Waals surface area contributed by atoms with Crippen molar-refractivity contribution in [1.29, 1.82) is 0 Å². The summed E-state index contributed by atoms with van der Waals surface area (Å²) in [6.45, 7) is 2.94.